The van der Waals surface area contributed by atoms with E-state index in [2.05, 4.69) is 16.4 Å². The number of ether oxygens (including phenoxy) is 2. The molecule has 1 aromatic heterocycles. The molecule has 1 aromatic carbocycles. The summed E-state index contributed by atoms with van der Waals surface area (Å²) in [4.78, 5) is 12.4. The Morgan fingerprint density at radius 3 is 2.87 bits per heavy atom. The van der Waals surface area contributed by atoms with Crippen molar-refractivity contribution in [1.82, 2.24) is 5.16 Å². The number of benzene rings is 1. The SMILES string of the molecule is C#CCOc1cc(C(=O)Nc2onc(C)c2CC)ccc1OC. The highest BCUT2D eigenvalue weighted by molar-refractivity contribution is 6.04. The third-order valence-corrected chi connectivity index (χ3v) is 3.30. The second kappa shape index (κ2) is 7.36. The Kier molecular flexibility index (Phi) is 5.26. The molecule has 23 heavy (non-hydrogen) atoms. The molecular weight excluding hydrogens is 296 g/mol. The zero-order chi connectivity index (χ0) is 16.8. The molecule has 0 saturated carbocycles. The lowest BCUT2D eigenvalue weighted by Gasteiger charge is -2.10. The van der Waals surface area contributed by atoms with Crippen LogP contribution in [0.15, 0.2) is 22.7 Å². The van der Waals surface area contributed by atoms with Gasteiger partial charge in [0.15, 0.2) is 11.5 Å². The smallest absolute Gasteiger partial charge is 0.258 e. The number of anilines is 1. The summed E-state index contributed by atoms with van der Waals surface area (Å²) >= 11 is 0. The van der Waals surface area contributed by atoms with Crippen LogP contribution < -0.4 is 14.8 Å². The molecule has 2 rings (SSSR count). The lowest BCUT2D eigenvalue weighted by Crippen LogP contribution is -2.13. The van der Waals surface area contributed by atoms with Crippen LogP contribution in [-0.2, 0) is 6.42 Å². The minimum Gasteiger partial charge on any atom is -0.493 e. The molecule has 0 fully saturated rings. The molecule has 0 aliphatic heterocycles. The number of methoxy groups -OCH3 is 1. The first-order valence-corrected chi connectivity index (χ1v) is 7.11. The maximum atomic E-state index is 12.4. The summed E-state index contributed by atoms with van der Waals surface area (Å²) in [7, 11) is 1.52. The highest BCUT2D eigenvalue weighted by Gasteiger charge is 2.16. The van der Waals surface area contributed by atoms with Crippen LogP contribution in [-0.4, -0.2) is 24.8 Å². The summed E-state index contributed by atoms with van der Waals surface area (Å²) in [5.41, 5.74) is 2.03. The van der Waals surface area contributed by atoms with Gasteiger partial charge in [-0.25, -0.2) is 0 Å². The molecule has 0 aliphatic carbocycles. The van der Waals surface area contributed by atoms with E-state index in [-0.39, 0.29) is 12.5 Å². The first kappa shape index (κ1) is 16.4. The number of rotatable bonds is 6. The Bertz CT molecular complexity index is 744. The minimum absolute atomic E-state index is 0.0860. The van der Waals surface area contributed by atoms with Crippen LogP contribution in [0.3, 0.4) is 0 Å². The third kappa shape index (κ3) is 3.64. The first-order valence-electron chi connectivity index (χ1n) is 7.11. The molecule has 1 amide bonds. The van der Waals surface area contributed by atoms with Crippen LogP contribution in [0.2, 0.25) is 0 Å². The molecule has 0 spiro atoms. The van der Waals surface area contributed by atoms with E-state index in [4.69, 9.17) is 20.4 Å². The number of hydrogen-bond donors (Lipinski definition) is 1. The zero-order valence-electron chi connectivity index (χ0n) is 13.3. The third-order valence-electron chi connectivity index (χ3n) is 3.30. The predicted octanol–water partition coefficient (Wildman–Crippen LogP) is 2.82. The lowest BCUT2D eigenvalue weighted by molar-refractivity contribution is 0.102. The molecule has 0 atom stereocenters. The van der Waals surface area contributed by atoms with Gasteiger partial charge in [-0.2, -0.15) is 0 Å². The van der Waals surface area contributed by atoms with E-state index in [0.29, 0.717) is 29.4 Å². The summed E-state index contributed by atoms with van der Waals surface area (Å²) in [6.45, 7) is 3.88. The standard InChI is InChI=1S/C17H18N2O4/c1-5-9-22-15-10-12(7-8-14(15)21-4)16(20)18-17-13(6-2)11(3)19-23-17/h1,7-8,10H,6,9H2,2-4H3,(H,18,20). The van der Waals surface area contributed by atoms with Crippen LogP contribution in [0.4, 0.5) is 5.88 Å². The van der Waals surface area contributed by atoms with Crippen LogP contribution in [0.1, 0.15) is 28.5 Å². The molecule has 0 radical (unpaired) electrons. The zero-order valence-corrected chi connectivity index (χ0v) is 13.3. The maximum Gasteiger partial charge on any atom is 0.258 e. The van der Waals surface area contributed by atoms with Crippen molar-refractivity contribution in [2.75, 3.05) is 19.0 Å². The summed E-state index contributed by atoms with van der Waals surface area (Å²) in [5.74, 6) is 3.31. The van der Waals surface area contributed by atoms with Gasteiger partial charge in [-0.05, 0) is 31.5 Å². The van der Waals surface area contributed by atoms with E-state index >= 15 is 0 Å². The highest BCUT2D eigenvalue weighted by Crippen LogP contribution is 2.29. The number of amides is 1. The Balaban J connectivity index is 2.23. The molecule has 2 aromatic rings. The van der Waals surface area contributed by atoms with Gasteiger partial charge in [0.25, 0.3) is 5.91 Å². The number of carbonyl (C=O) groups is 1. The number of nitrogens with zero attached hydrogens (tertiary/aromatic N) is 1. The molecule has 6 heteroatoms. The Morgan fingerprint density at radius 2 is 2.22 bits per heavy atom. The monoisotopic (exact) mass is 314 g/mol. The molecule has 0 aliphatic rings. The summed E-state index contributed by atoms with van der Waals surface area (Å²) in [6.07, 6.45) is 5.90. The van der Waals surface area contributed by atoms with E-state index in [0.717, 1.165) is 11.3 Å². The van der Waals surface area contributed by atoms with Crippen molar-refractivity contribution >= 4 is 11.8 Å². The van der Waals surface area contributed by atoms with Crippen LogP contribution in [0.5, 0.6) is 11.5 Å². The van der Waals surface area contributed by atoms with Crippen LogP contribution in [0.25, 0.3) is 0 Å². The Hall–Kier alpha value is -2.94. The van der Waals surface area contributed by atoms with E-state index in [1.165, 1.54) is 7.11 Å². The molecule has 1 N–H and O–H groups in total. The second-order valence-corrected chi connectivity index (χ2v) is 4.74. The molecular formula is C17H18N2O4. The minimum atomic E-state index is -0.330. The van der Waals surface area contributed by atoms with Crippen LogP contribution >= 0.6 is 0 Å². The van der Waals surface area contributed by atoms with Crippen molar-refractivity contribution in [3.63, 3.8) is 0 Å². The van der Waals surface area contributed by atoms with E-state index < -0.39 is 0 Å². The predicted molar refractivity (Wildman–Crippen MR) is 85.9 cm³/mol. The summed E-state index contributed by atoms with van der Waals surface area (Å²) < 4.78 is 15.7. The number of carbonyl (C=O) groups excluding carboxylic acids is 1. The van der Waals surface area contributed by atoms with Gasteiger partial charge < -0.3 is 14.0 Å². The normalized spacial score (nSPS) is 10.0. The van der Waals surface area contributed by atoms with Crippen molar-refractivity contribution in [3.05, 3.63) is 35.0 Å². The number of terminal acetylenes is 1. The molecule has 6 nitrogen and oxygen atoms in total. The average molecular weight is 314 g/mol. The molecule has 0 bridgehead atoms. The van der Waals surface area contributed by atoms with Gasteiger partial charge >= 0.3 is 0 Å². The van der Waals surface area contributed by atoms with Gasteiger partial charge in [-0.15, -0.1) is 6.42 Å². The van der Waals surface area contributed by atoms with Crippen molar-refractivity contribution in [2.45, 2.75) is 20.3 Å². The maximum absolute atomic E-state index is 12.4. The van der Waals surface area contributed by atoms with Crippen molar-refractivity contribution in [2.24, 2.45) is 0 Å². The molecule has 0 saturated heterocycles. The largest absolute Gasteiger partial charge is 0.493 e. The van der Waals surface area contributed by atoms with E-state index in [9.17, 15) is 4.79 Å². The number of hydrogen-bond acceptors (Lipinski definition) is 5. The van der Waals surface area contributed by atoms with Gasteiger partial charge in [0.05, 0.1) is 12.8 Å². The topological polar surface area (TPSA) is 73.6 Å². The van der Waals surface area contributed by atoms with Gasteiger partial charge in [0.2, 0.25) is 5.88 Å². The summed E-state index contributed by atoms with van der Waals surface area (Å²) in [5, 5.41) is 6.58. The molecule has 120 valence electrons. The van der Waals surface area contributed by atoms with Gasteiger partial charge in [0, 0.05) is 11.1 Å². The fraction of sp³-hybridized carbons (Fsp3) is 0.294. The van der Waals surface area contributed by atoms with E-state index in [1.807, 2.05) is 13.8 Å². The fourth-order valence-corrected chi connectivity index (χ4v) is 2.13. The first-order chi connectivity index (χ1) is 11.1. The van der Waals surface area contributed by atoms with Crippen LogP contribution in [0, 0.1) is 19.3 Å². The Morgan fingerprint density at radius 1 is 1.43 bits per heavy atom. The highest BCUT2D eigenvalue weighted by atomic mass is 16.5. The fourth-order valence-electron chi connectivity index (χ4n) is 2.13. The van der Waals surface area contributed by atoms with E-state index in [1.54, 1.807) is 18.2 Å². The summed E-state index contributed by atoms with van der Waals surface area (Å²) in [6, 6.07) is 4.85. The second-order valence-electron chi connectivity index (χ2n) is 4.74. The van der Waals surface area contributed by atoms with Gasteiger partial charge in [-0.1, -0.05) is 18.0 Å². The quantitative estimate of drug-likeness (QED) is 0.830. The lowest BCUT2D eigenvalue weighted by atomic mass is 10.1. The Labute approximate surface area is 134 Å². The number of aryl methyl sites for hydroxylation is 1. The van der Waals surface area contributed by atoms with Gasteiger partial charge in [-0.3, -0.25) is 10.1 Å². The number of aromatic nitrogens is 1. The van der Waals surface area contributed by atoms with Gasteiger partial charge in [0.1, 0.15) is 6.61 Å². The molecule has 1 heterocycles. The van der Waals surface area contributed by atoms with Crippen molar-refractivity contribution in [3.8, 4) is 23.8 Å². The average Bonchev–Trinajstić information content (AvgIpc) is 2.92. The van der Waals surface area contributed by atoms with Crippen molar-refractivity contribution in [1.29, 1.82) is 0 Å². The number of nitrogens with one attached hydrogen (secondary N) is 1. The molecule has 0 unspecified atom stereocenters. The van der Waals surface area contributed by atoms with Crippen molar-refractivity contribution < 1.29 is 18.8 Å².